The molecule has 1 aliphatic rings. The van der Waals surface area contributed by atoms with Crippen LogP contribution >= 0.6 is 12.6 Å². The molecule has 0 aromatic heterocycles. The summed E-state index contributed by atoms with van der Waals surface area (Å²) in [6, 6.07) is 4.63. The van der Waals surface area contributed by atoms with Crippen molar-refractivity contribution in [2.75, 3.05) is 7.05 Å². The molecule has 2 atom stereocenters. The van der Waals surface area contributed by atoms with Gasteiger partial charge in [0.15, 0.2) is 0 Å². The predicted molar refractivity (Wildman–Crippen MR) is 77.2 cm³/mol. The monoisotopic (exact) mass is 281 g/mol. The molecule has 1 aromatic rings. The lowest BCUT2D eigenvalue weighted by Crippen LogP contribution is -2.39. The fraction of sp³-hybridized carbons (Fsp3) is 0.533. The summed E-state index contributed by atoms with van der Waals surface area (Å²) in [5.74, 6) is 0.228. The maximum Gasteiger partial charge on any atom is 0.253 e. The summed E-state index contributed by atoms with van der Waals surface area (Å²) in [5, 5.41) is 0. The first-order chi connectivity index (χ1) is 8.99. The van der Waals surface area contributed by atoms with E-state index < -0.39 is 5.82 Å². The van der Waals surface area contributed by atoms with Gasteiger partial charge in [-0.3, -0.25) is 4.79 Å². The molecule has 0 radical (unpaired) electrons. The van der Waals surface area contributed by atoms with Crippen LogP contribution in [0.3, 0.4) is 0 Å². The first-order valence-electron chi connectivity index (χ1n) is 6.74. The number of hydrogen-bond acceptors (Lipinski definition) is 2. The van der Waals surface area contributed by atoms with Crippen LogP contribution in [0.15, 0.2) is 23.1 Å². The minimum Gasteiger partial charge on any atom is -0.339 e. The fourth-order valence-corrected chi connectivity index (χ4v) is 2.98. The molecule has 0 aliphatic heterocycles. The number of hydrogen-bond donors (Lipinski definition) is 1. The maximum atomic E-state index is 13.2. The number of carbonyl (C=O) groups is 1. The summed E-state index contributed by atoms with van der Waals surface area (Å²) in [6.07, 6.45) is 4.53. The van der Waals surface area contributed by atoms with Gasteiger partial charge < -0.3 is 4.90 Å². The van der Waals surface area contributed by atoms with E-state index in [-0.39, 0.29) is 10.8 Å². The Balaban J connectivity index is 2.11. The number of thiol groups is 1. The van der Waals surface area contributed by atoms with Gasteiger partial charge in [-0.15, -0.1) is 12.6 Å². The Hall–Kier alpha value is -1.03. The second-order valence-corrected chi connectivity index (χ2v) is 5.99. The third kappa shape index (κ3) is 3.30. The van der Waals surface area contributed by atoms with Crippen molar-refractivity contribution in [2.45, 2.75) is 43.5 Å². The highest BCUT2D eigenvalue weighted by Crippen LogP contribution is 2.27. The normalized spacial score (nSPS) is 23.2. The molecular formula is C15H20FNOS. The van der Waals surface area contributed by atoms with Crippen LogP contribution in [0.5, 0.6) is 0 Å². The summed E-state index contributed by atoms with van der Waals surface area (Å²) < 4.78 is 13.2. The summed E-state index contributed by atoms with van der Waals surface area (Å²) in [6.45, 7) is 2.23. The summed E-state index contributed by atoms with van der Waals surface area (Å²) in [7, 11) is 1.84. The van der Waals surface area contributed by atoms with Crippen LogP contribution in [-0.2, 0) is 0 Å². The molecular weight excluding hydrogens is 261 g/mol. The smallest absolute Gasteiger partial charge is 0.253 e. The molecule has 0 heterocycles. The third-order valence-electron chi connectivity index (χ3n) is 3.97. The van der Waals surface area contributed by atoms with Gasteiger partial charge in [0.25, 0.3) is 5.91 Å². The van der Waals surface area contributed by atoms with E-state index in [2.05, 4.69) is 19.6 Å². The van der Waals surface area contributed by atoms with Gasteiger partial charge in [0.1, 0.15) is 5.82 Å². The zero-order valence-electron chi connectivity index (χ0n) is 11.4. The summed E-state index contributed by atoms with van der Waals surface area (Å²) >= 11 is 4.03. The molecule has 0 saturated heterocycles. The topological polar surface area (TPSA) is 20.3 Å². The number of amides is 1. The van der Waals surface area contributed by atoms with E-state index in [0.717, 1.165) is 12.8 Å². The average Bonchev–Trinajstić information content (AvgIpc) is 2.40. The van der Waals surface area contributed by atoms with Crippen LogP contribution < -0.4 is 0 Å². The van der Waals surface area contributed by atoms with E-state index in [1.807, 2.05) is 7.05 Å². The molecule has 1 saturated carbocycles. The van der Waals surface area contributed by atoms with Crippen molar-refractivity contribution in [3.8, 4) is 0 Å². The molecule has 19 heavy (non-hydrogen) atoms. The lowest BCUT2D eigenvalue weighted by molar-refractivity contribution is 0.0672. The summed E-state index contributed by atoms with van der Waals surface area (Å²) in [5.41, 5.74) is 0.507. The number of rotatable bonds is 2. The van der Waals surface area contributed by atoms with Gasteiger partial charge in [-0.05, 0) is 37.0 Å². The highest BCUT2D eigenvalue weighted by atomic mass is 32.1. The van der Waals surface area contributed by atoms with Gasteiger partial charge in [-0.25, -0.2) is 4.39 Å². The van der Waals surface area contributed by atoms with Gasteiger partial charge in [-0.2, -0.15) is 0 Å². The molecule has 1 aliphatic carbocycles. The van der Waals surface area contributed by atoms with Crippen molar-refractivity contribution >= 4 is 18.5 Å². The Morgan fingerprint density at radius 1 is 1.42 bits per heavy atom. The van der Waals surface area contributed by atoms with Gasteiger partial charge in [-0.1, -0.05) is 19.8 Å². The van der Waals surface area contributed by atoms with Crippen LogP contribution in [-0.4, -0.2) is 23.9 Å². The van der Waals surface area contributed by atoms with Gasteiger partial charge in [0.05, 0.1) is 0 Å². The Bertz CT molecular complexity index is 477. The molecule has 2 rings (SSSR count). The van der Waals surface area contributed by atoms with Crippen LogP contribution in [0.2, 0.25) is 0 Å². The zero-order valence-corrected chi connectivity index (χ0v) is 12.3. The molecule has 1 fully saturated rings. The van der Waals surface area contributed by atoms with E-state index >= 15 is 0 Å². The minimum atomic E-state index is -0.395. The second-order valence-electron chi connectivity index (χ2n) is 5.51. The van der Waals surface area contributed by atoms with Crippen molar-refractivity contribution in [2.24, 2.45) is 5.92 Å². The molecule has 0 N–H and O–H groups in total. The predicted octanol–water partition coefficient (Wildman–Crippen LogP) is 3.77. The second kappa shape index (κ2) is 5.95. The largest absolute Gasteiger partial charge is 0.339 e. The van der Waals surface area contributed by atoms with E-state index in [1.165, 1.54) is 31.0 Å². The quantitative estimate of drug-likeness (QED) is 0.818. The zero-order chi connectivity index (χ0) is 14.0. The lowest BCUT2D eigenvalue weighted by atomic mass is 9.86. The molecule has 1 amide bonds. The molecule has 104 valence electrons. The average molecular weight is 281 g/mol. The number of halogens is 1. The minimum absolute atomic E-state index is 0.0469. The first-order valence-corrected chi connectivity index (χ1v) is 7.19. The fourth-order valence-electron chi connectivity index (χ4n) is 2.77. The van der Waals surface area contributed by atoms with E-state index in [4.69, 9.17) is 0 Å². The third-order valence-corrected chi connectivity index (χ3v) is 4.31. The molecule has 2 unspecified atom stereocenters. The van der Waals surface area contributed by atoms with Gasteiger partial charge in [0.2, 0.25) is 0 Å². The maximum absolute atomic E-state index is 13.2. The van der Waals surface area contributed by atoms with E-state index in [1.54, 1.807) is 4.90 Å². The van der Waals surface area contributed by atoms with Crippen LogP contribution in [0, 0.1) is 11.7 Å². The molecule has 0 spiro atoms. The SMILES string of the molecule is CC1CCCC(N(C)C(=O)c2ccc(F)c(S)c2)C1. The Morgan fingerprint density at radius 3 is 2.79 bits per heavy atom. The molecule has 0 bridgehead atoms. The van der Waals surface area contributed by atoms with Gasteiger partial charge >= 0.3 is 0 Å². The van der Waals surface area contributed by atoms with Crippen LogP contribution in [0.1, 0.15) is 43.0 Å². The van der Waals surface area contributed by atoms with Crippen LogP contribution in [0.4, 0.5) is 4.39 Å². The van der Waals surface area contributed by atoms with Crippen LogP contribution in [0.25, 0.3) is 0 Å². The van der Waals surface area contributed by atoms with Crippen molar-refractivity contribution in [3.05, 3.63) is 29.6 Å². The van der Waals surface area contributed by atoms with Crippen molar-refractivity contribution in [3.63, 3.8) is 0 Å². The molecule has 4 heteroatoms. The Morgan fingerprint density at radius 2 is 2.16 bits per heavy atom. The number of carbonyl (C=O) groups excluding carboxylic acids is 1. The Kier molecular flexibility index (Phi) is 4.50. The molecule has 1 aromatic carbocycles. The Labute approximate surface area is 119 Å². The summed E-state index contributed by atoms with van der Waals surface area (Å²) in [4.78, 5) is 14.4. The molecule has 2 nitrogen and oxygen atoms in total. The van der Waals surface area contributed by atoms with E-state index in [9.17, 15) is 9.18 Å². The van der Waals surface area contributed by atoms with Crippen molar-refractivity contribution in [1.82, 2.24) is 4.90 Å². The highest BCUT2D eigenvalue weighted by molar-refractivity contribution is 7.80. The highest BCUT2D eigenvalue weighted by Gasteiger charge is 2.26. The first kappa shape index (κ1) is 14.4. The number of benzene rings is 1. The van der Waals surface area contributed by atoms with Gasteiger partial charge in [0, 0.05) is 23.5 Å². The number of nitrogens with zero attached hydrogens (tertiary/aromatic N) is 1. The standard InChI is InChI=1S/C15H20FNOS/c1-10-4-3-5-12(8-10)17(2)15(18)11-6-7-13(16)14(19)9-11/h6-7,9-10,12,19H,3-5,8H2,1-2H3. The van der Waals surface area contributed by atoms with E-state index in [0.29, 0.717) is 17.5 Å². The van der Waals surface area contributed by atoms with Crippen molar-refractivity contribution in [1.29, 1.82) is 0 Å². The lowest BCUT2D eigenvalue weighted by Gasteiger charge is -2.34. The van der Waals surface area contributed by atoms with Crippen molar-refractivity contribution < 1.29 is 9.18 Å².